The fraction of sp³-hybridized carbons (Fsp3) is 0.273. The topological polar surface area (TPSA) is 42.3 Å². The van der Waals surface area contributed by atoms with Crippen LogP contribution in [0.1, 0.15) is 36.0 Å². The predicted molar refractivity (Wildman–Crippen MR) is 114 cm³/mol. The van der Waals surface area contributed by atoms with Crippen LogP contribution in [0.15, 0.2) is 67.0 Å². The van der Waals surface area contributed by atoms with Crippen LogP contribution in [0.3, 0.4) is 0 Å². The number of ether oxygens (including phenoxy) is 1. The molecule has 144 valence electrons. The maximum atomic E-state index is 5.75. The van der Waals surface area contributed by atoms with Crippen molar-refractivity contribution in [2.24, 2.45) is 0 Å². The Labute approximate surface area is 171 Å². The number of hydrogen-bond donors (Lipinski definition) is 1. The summed E-state index contributed by atoms with van der Waals surface area (Å²) in [6, 6.07) is 18.5. The zero-order valence-corrected chi connectivity index (χ0v) is 16.9. The highest BCUT2D eigenvalue weighted by Crippen LogP contribution is 2.39. The van der Waals surface area contributed by atoms with Crippen LogP contribution < -0.4 is 10.1 Å². The number of nitrogens with one attached hydrogen (secondary N) is 1. The molecule has 0 unspecified atom stereocenters. The largest absolute Gasteiger partial charge is 0.497 e. The minimum atomic E-state index is 0.00662. The van der Waals surface area contributed by atoms with Crippen molar-refractivity contribution in [1.82, 2.24) is 19.8 Å². The lowest BCUT2D eigenvalue weighted by atomic mass is 10.0. The molecule has 6 heteroatoms. The molecule has 2 atom stereocenters. The van der Waals surface area contributed by atoms with Crippen molar-refractivity contribution in [2.75, 3.05) is 7.11 Å². The van der Waals surface area contributed by atoms with Gasteiger partial charge in [0.05, 0.1) is 24.9 Å². The summed E-state index contributed by atoms with van der Waals surface area (Å²) in [6.45, 7) is 3.80. The highest BCUT2D eigenvalue weighted by molar-refractivity contribution is 7.80. The summed E-state index contributed by atoms with van der Waals surface area (Å²) in [6.07, 6.45) is 3.96. The smallest absolute Gasteiger partial charge is 0.170 e. The normalized spacial score (nSPS) is 18.9. The van der Waals surface area contributed by atoms with E-state index in [1.165, 1.54) is 11.3 Å². The summed E-state index contributed by atoms with van der Waals surface area (Å²) in [5, 5.41) is 4.26. The van der Waals surface area contributed by atoms with Crippen LogP contribution in [-0.2, 0) is 13.1 Å². The van der Waals surface area contributed by atoms with Gasteiger partial charge in [0, 0.05) is 31.2 Å². The van der Waals surface area contributed by atoms with Crippen LogP contribution in [0, 0.1) is 0 Å². The summed E-state index contributed by atoms with van der Waals surface area (Å²) >= 11 is 5.75. The molecule has 0 bridgehead atoms. The van der Waals surface area contributed by atoms with Gasteiger partial charge in [-0.3, -0.25) is 4.98 Å². The maximum Gasteiger partial charge on any atom is 0.170 e. The first-order valence-electron chi connectivity index (χ1n) is 9.47. The molecular formula is C22H24N4OS. The SMILES string of the molecule is CCn1cccc1[C@H]1[C@@H](c2ccccn2)NC(=S)N1Cc1ccc(OC)cc1. The molecule has 2 aromatic heterocycles. The zero-order chi connectivity index (χ0) is 19.5. The average molecular weight is 393 g/mol. The van der Waals surface area contributed by atoms with Crippen LogP contribution in [0.25, 0.3) is 0 Å². The molecule has 1 aliphatic heterocycles. The van der Waals surface area contributed by atoms with E-state index in [9.17, 15) is 0 Å². The first-order valence-corrected chi connectivity index (χ1v) is 9.88. The number of benzene rings is 1. The van der Waals surface area contributed by atoms with Crippen molar-refractivity contribution in [2.45, 2.75) is 32.1 Å². The third-order valence-electron chi connectivity index (χ3n) is 5.22. The number of nitrogens with zero attached hydrogens (tertiary/aromatic N) is 3. The molecule has 0 saturated carbocycles. The minimum absolute atomic E-state index is 0.00662. The summed E-state index contributed by atoms with van der Waals surface area (Å²) in [7, 11) is 1.68. The quantitative estimate of drug-likeness (QED) is 0.640. The Bertz CT molecular complexity index is 939. The fourth-order valence-corrected chi connectivity index (χ4v) is 4.11. The molecule has 1 N–H and O–H groups in total. The first-order chi connectivity index (χ1) is 13.7. The maximum absolute atomic E-state index is 5.75. The average Bonchev–Trinajstić information content (AvgIpc) is 3.33. The van der Waals surface area contributed by atoms with Gasteiger partial charge in [0.1, 0.15) is 5.75 Å². The van der Waals surface area contributed by atoms with E-state index in [4.69, 9.17) is 17.0 Å². The molecule has 28 heavy (non-hydrogen) atoms. The Hall–Kier alpha value is -2.86. The Morgan fingerprint density at radius 1 is 1.11 bits per heavy atom. The molecule has 1 aliphatic rings. The van der Waals surface area contributed by atoms with Crippen molar-refractivity contribution in [3.05, 3.63) is 83.9 Å². The van der Waals surface area contributed by atoms with Crippen molar-refractivity contribution >= 4 is 17.3 Å². The summed E-state index contributed by atoms with van der Waals surface area (Å²) in [4.78, 5) is 6.86. The van der Waals surface area contributed by atoms with E-state index in [1.54, 1.807) is 7.11 Å². The van der Waals surface area contributed by atoms with Gasteiger partial charge in [-0.25, -0.2) is 0 Å². The van der Waals surface area contributed by atoms with E-state index in [0.29, 0.717) is 0 Å². The van der Waals surface area contributed by atoms with Gasteiger partial charge < -0.3 is 19.5 Å². The van der Waals surface area contributed by atoms with Crippen molar-refractivity contribution in [1.29, 1.82) is 0 Å². The van der Waals surface area contributed by atoms with Gasteiger partial charge in [0.2, 0.25) is 0 Å². The monoisotopic (exact) mass is 392 g/mol. The number of hydrogen-bond acceptors (Lipinski definition) is 3. The van der Waals surface area contributed by atoms with E-state index in [2.05, 4.69) is 63.2 Å². The number of aromatic nitrogens is 2. The summed E-state index contributed by atoms with van der Waals surface area (Å²) < 4.78 is 7.56. The van der Waals surface area contributed by atoms with Gasteiger partial charge >= 0.3 is 0 Å². The molecule has 3 aromatic rings. The van der Waals surface area contributed by atoms with Gasteiger partial charge in [-0.05, 0) is 61.1 Å². The van der Waals surface area contributed by atoms with Crippen molar-refractivity contribution < 1.29 is 4.74 Å². The molecule has 4 rings (SSSR count). The Morgan fingerprint density at radius 2 is 1.93 bits per heavy atom. The molecule has 1 saturated heterocycles. The molecule has 5 nitrogen and oxygen atoms in total. The third kappa shape index (κ3) is 3.47. The van der Waals surface area contributed by atoms with E-state index in [1.807, 2.05) is 30.5 Å². The van der Waals surface area contributed by atoms with Crippen LogP contribution >= 0.6 is 12.2 Å². The molecule has 0 radical (unpaired) electrons. The summed E-state index contributed by atoms with van der Waals surface area (Å²) in [5.41, 5.74) is 3.42. The first kappa shape index (κ1) is 18.5. The third-order valence-corrected chi connectivity index (χ3v) is 5.57. The molecule has 0 spiro atoms. The minimum Gasteiger partial charge on any atom is -0.497 e. The number of aryl methyl sites for hydroxylation is 1. The fourth-order valence-electron chi connectivity index (χ4n) is 3.81. The lowest BCUT2D eigenvalue weighted by molar-refractivity contribution is 0.297. The van der Waals surface area contributed by atoms with Crippen molar-refractivity contribution in [3.8, 4) is 5.75 Å². The highest BCUT2D eigenvalue weighted by atomic mass is 32.1. The number of pyridine rings is 1. The molecule has 1 fully saturated rings. The van der Waals surface area contributed by atoms with Gasteiger partial charge in [-0.15, -0.1) is 0 Å². The molecule has 3 heterocycles. The second-order valence-corrected chi connectivity index (χ2v) is 7.21. The van der Waals surface area contributed by atoms with Crippen LogP contribution in [0.5, 0.6) is 5.75 Å². The number of thiocarbonyl (C=S) groups is 1. The van der Waals surface area contributed by atoms with Gasteiger partial charge in [0.25, 0.3) is 0 Å². The lowest BCUT2D eigenvalue weighted by Gasteiger charge is -2.29. The van der Waals surface area contributed by atoms with Crippen LogP contribution in [0.2, 0.25) is 0 Å². The van der Waals surface area contributed by atoms with E-state index < -0.39 is 0 Å². The molecule has 0 amide bonds. The Kier molecular flexibility index (Phi) is 5.30. The van der Waals surface area contributed by atoms with Crippen molar-refractivity contribution in [3.63, 3.8) is 0 Å². The van der Waals surface area contributed by atoms with E-state index in [0.717, 1.165) is 29.6 Å². The van der Waals surface area contributed by atoms with Crippen LogP contribution in [-0.4, -0.2) is 26.7 Å². The molecule has 1 aromatic carbocycles. The Balaban J connectivity index is 1.71. The second kappa shape index (κ2) is 8.02. The number of methoxy groups -OCH3 is 1. The zero-order valence-electron chi connectivity index (χ0n) is 16.1. The second-order valence-electron chi connectivity index (χ2n) is 6.82. The van der Waals surface area contributed by atoms with E-state index >= 15 is 0 Å². The number of rotatable bonds is 6. The van der Waals surface area contributed by atoms with Gasteiger partial charge in [0.15, 0.2) is 5.11 Å². The predicted octanol–water partition coefficient (Wildman–Crippen LogP) is 4.08. The molecule has 0 aliphatic carbocycles. The Morgan fingerprint density at radius 3 is 2.61 bits per heavy atom. The van der Waals surface area contributed by atoms with Gasteiger partial charge in [-0.1, -0.05) is 18.2 Å². The highest BCUT2D eigenvalue weighted by Gasteiger charge is 2.40. The van der Waals surface area contributed by atoms with Crippen LogP contribution in [0.4, 0.5) is 0 Å². The standard InChI is InChI=1S/C22H24N4OS/c1-3-25-14-6-8-19(25)21-20(18-7-4-5-13-23-18)24-22(28)26(21)15-16-9-11-17(27-2)12-10-16/h4-14,20-21H,3,15H2,1-2H3,(H,24,28)/t20-,21+/m1/s1. The van der Waals surface area contributed by atoms with E-state index in [-0.39, 0.29) is 12.1 Å². The lowest BCUT2D eigenvalue weighted by Crippen LogP contribution is -2.30. The molecular weight excluding hydrogens is 368 g/mol. The van der Waals surface area contributed by atoms with Gasteiger partial charge in [-0.2, -0.15) is 0 Å². The summed E-state index contributed by atoms with van der Waals surface area (Å²) in [5.74, 6) is 0.855.